The SMILES string of the molecule is Cc1ccc(C2=NN(C(=O)CCC(=O)[O-])[C@H](c3ccc4c(c3)OCO4)C2)cc1. The van der Waals surface area contributed by atoms with Crippen molar-refractivity contribution in [1.29, 1.82) is 0 Å². The number of aliphatic carboxylic acids is 1. The van der Waals surface area contributed by atoms with Gasteiger partial charge in [0, 0.05) is 18.8 Å². The molecule has 0 aromatic heterocycles. The lowest BCUT2D eigenvalue weighted by molar-refractivity contribution is -0.305. The van der Waals surface area contributed by atoms with Crippen molar-refractivity contribution in [2.75, 3.05) is 6.79 Å². The Morgan fingerprint density at radius 1 is 1.11 bits per heavy atom. The van der Waals surface area contributed by atoms with E-state index in [4.69, 9.17) is 9.47 Å². The summed E-state index contributed by atoms with van der Waals surface area (Å²) in [6.07, 6.45) is 0.0341. The largest absolute Gasteiger partial charge is 0.550 e. The lowest BCUT2D eigenvalue weighted by Gasteiger charge is -2.22. The topological polar surface area (TPSA) is 91.3 Å². The van der Waals surface area contributed by atoms with Crippen molar-refractivity contribution in [3.63, 3.8) is 0 Å². The average molecular weight is 379 g/mol. The Bertz CT molecular complexity index is 952. The van der Waals surface area contributed by atoms with E-state index in [9.17, 15) is 14.7 Å². The van der Waals surface area contributed by atoms with Crippen LogP contribution in [-0.2, 0) is 9.59 Å². The number of carboxylic acid groups (broad SMARTS) is 1. The highest BCUT2D eigenvalue weighted by Crippen LogP contribution is 2.39. The summed E-state index contributed by atoms with van der Waals surface area (Å²) >= 11 is 0. The third kappa shape index (κ3) is 3.55. The van der Waals surface area contributed by atoms with E-state index in [0.717, 1.165) is 22.4 Å². The molecule has 0 N–H and O–H groups in total. The number of carbonyl (C=O) groups excluding carboxylic acids is 2. The van der Waals surface area contributed by atoms with E-state index >= 15 is 0 Å². The quantitative estimate of drug-likeness (QED) is 0.792. The van der Waals surface area contributed by atoms with Crippen LogP contribution in [0.2, 0.25) is 0 Å². The van der Waals surface area contributed by atoms with Crippen molar-refractivity contribution in [3.8, 4) is 11.5 Å². The smallest absolute Gasteiger partial charge is 0.243 e. The maximum absolute atomic E-state index is 12.7. The molecule has 2 aliphatic rings. The molecule has 7 heteroatoms. The highest BCUT2D eigenvalue weighted by Gasteiger charge is 2.33. The summed E-state index contributed by atoms with van der Waals surface area (Å²) in [6, 6.07) is 13.1. The fourth-order valence-corrected chi connectivity index (χ4v) is 3.36. The molecule has 1 atom stereocenters. The van der Waals surface area contributed by atoms with Gasteiger partial charge >= 0.3 is 0 Å². The van der Waals surface area contributed by atoms with E-state index in [2.05, 4.69) is 5.10 Å². The maximum atomic E-state index is 12.7. The van der Waals surface area contributed by atoms with Gasteiger partial charge in [0.15, 0.2) is 11.5 Å². The van der Waals surface area contributed by atoms with Gasteiger partial charge in [-0.1, -0.05) is 35.9 Å². The normalized spacial score (nSPS) is 17.5. The standard InChI is InChI=1S/C21H20N2O5/c1-13-2-4-14(5-3-13)16-11-17(23(22-16)20(24)8-9-21(25)26)15-6-7-18-19(10-15)28-12-27-18/h2-7,10,17H,8-9,11-12H2,1H3,(H,25,26)/p-1/t17-/m0/s1. The zero-order chi connectivity index (χ0) is 19.7. The van der Waals surface area contributed by atoms with Crippen LogP contribution in [0, 0.1) is 6.92 Å². The molecule has 0 saturated carbocycles. The Labute approximate surface area is 162 Å². The van der Waals surface area contributed by atoms with Crippen LogP contribution in [-0.4, -0.2) is 29.4 Å². The van der Waals surface area contributed by atoms with Crippen LogP contribution in [0.3, 0.4) is 0 Å². The first-order valence-corrected chi connectivity index (χ1v) is 9.07. The first kappa shape index (κ1) is 18.0. The summed E-state index contributed by atoms with van der Waals surface area (Å²) in [7, 11) is 0. The van der Waals surface area contributed by atoms with Crippen LogP contribution in [0.15, 0.2) is 47.6 Å². The van der Waals surface area contributed by atoms with Crippen LogP contribution in [0.4, 0.5) is 0 Å². The fourth-order valence-electron chi connectivity index (χ4n) is 3.36. The molecule has 1 amide bonds. The molecule has 2 aromatic carbocycles. The third-order valence-corrected chi connectivity index (χ3v) is 4.88. The predicted molar refractivity (Wildman–Crippen MR) is 98.7 cm³/mol. The minimum absolute atomic E-state index is 0.159. The van der Waals surface area contributed by atoms with Crippen LogP contribution in [0.25, 0.3) is 0 Å². The Morgan fingerprint density at radius 3 is 2.61 bits per heavy atom. The number of carbonyl (C=O) groups is 2. The number of hydrazone groups is 1. The van der Waals surface area contributed by atoms with Crippen LogP contribution < -0.4 is 14.6 Å². The van der Waals surface area contributed by atoms with Crippen molar-refractivity contribution in [1.82, 2.24) is 5.01 Å². The Morgan fingerprint density at radius 2 is 1.86 bits per heavy atom. The number of hydrogen-bond acceptors (Lipinski definition) is 6. The fraction of sp³-hybridized carbons (Fsp3) is 0.286. The second-order valence-corrected chi connectivity index (χ2v) is 6.86. The molecule has 28 heavy (non-hydrogen) atoms. The molecular formula is C21H19N2O5-. The van der Waals surface area contributed by atoms with Gasteiger partial charge in [-0.2, -0.15) is 5.10 Å². The van der Waals surface area contributed by atoms with Gasteiger partial charge in [-0.25, -0.2) is 5.01 Å². The summed E-state index contributed by atoms with van der Waals surface area (Å²) < 4.78 is 10.8. The summed E-state index contributed by atoms with van der Waals surface area (Å²) in [5, 5.41) is 16.7. The minimum atomic E-state index is -1.25. The molecule has 2 aliphatic heterocycles. The molecule has 144 valence electrons. The molecule has 0 unspecified atom stereocenters. The highest BCUT2D eigenvalue weighted by atomic mass is 16.7. The van der Waals surface area contributed by atoms with E-state index in [0.29, 0.717) is 17.9 Å². The first-order chi connectivity index (χ1) is 13.5. The second kappa shape index (κ2) is 7.34. The zero-order valence-corrected chi connectivity index (χ0v) is 15.4. The molecule has 0 radical (unpaired) electrons. The minimum Gasteiger partial charge on any atom is -0.550 e. The highest BCUT2D eigenvalue weighted by molar-refractivity contribution is 6.03. The number of amides is 1. The van der Waals surface area contributed by atoms with Crippen molar-refractivity contribution in [3.05, 3.63) is 59.2 Å². The number of ether oxygens (including phenoxy) is 2. The summed E-state index contributed by atoms with van der Waals surface area (Å²) in [6.45, 7) is 2.17. The number of rotatable bonds is 5. The van der Waals surface area contributed by atoms with Gasteiger partial charge in [0.25, 0.3) is 0 Å². The number of benzene rings is 2. The molecule has 0 fully saturated rings. The third-order valence-electron chi connectivity index (χ3n) is 4.88. The monoisotopic (exact) mass is 379 g/mol. The molecule has 2 aromatic rings. The number of carboxylic acids is 1. The zero-order valence-electron chi connectivity index (χ0n) is 15.4. The van der Waals surface area contributed by atoms with Crippen LogP contribution in [0.1, 0.15) is 42.0 Å². The van der Waals surface area contributed by atoms with Gasteiger partial charge in [-0.05, 0) is 36.6 Å². The number of nitrogens with zero attached hydrogens (tertiary/aromatic N) is 2. The predicted octanol–water partition coefficient (Wildman–Crippen LogP) is 1.93. The summed E-state index contributed by atoms with van der Waals surface area (Å²) in [5.74, 6) is -0.316. The van der Waals surface area contributed by atoms with Crippen molar-refractivity contribution in [2.45, 2.75) is 32.2 Å². The van der Waals surface area contributed by atoms with Crippen LogP contribution in [0.5, 0.6) is 11.5 Å². The molecule has 0 saturated heterocycles. The van der Waals surface area contributed by atoms with Gasteiger partial charge in [-0.15, -0.1) is 0 Å². The molecule has 4 rings (SSSR count). The molecule has 7 nitrogen and oxygen atoms in total. The lowest BCUT2D eigenvalue weighted by Crippen LogP contribution is -2.29. The molecule has 0 spiro atoms. The Kier molecular flexibility index (Phi) is 4.73. The molecule has 2 heterocycles. The van der Waals surface area contributed by atoms with Gasteiger partial charge in [0.05, 0.1) is 11.8 Å². The van der Waals surface area contributed by atoms with E-state index in [1.807, 2.05) is 49.4 Å². The van der Waals surface area contributed by atoms with E-state index in [1.54, 1.807) is 0 Å². The van der Waals surface area contributed by atoms with Crippen molar-refractivity contribution >= 4 is 17.6 Å². The maximum Gasteiger partial charge on any atom is 0.243 e. The van der Waals surface area contributed by atoms with Gasteiger partial charge < -0.3 is 19.4 Å². The Hall–Kier alpha value is -3.35. The van der Waals surface area contributed by atoms with Crippen LogP contribution >= 0.6 is 0 Å². The Balaban J connectivity index is 1.64. The summed E-state index contributed by atoms with van der Waals surface area (Å²) in [4.78, 5) is 23.4. The first-order valence-electron chi connectivity index (χ1n) is 9.07. The number of aryl methyl sites for hydroxylation is 1. The van der Waals surface area contributed by atoms with Gasteiger partial charge in [0.2, 0.25) is 12.7 Å². The average Bonchev–Trinajstić information content (AvgIpc) is 3.33. The lowest BCUT2D eigenvalue weighted by atomic mass is 9.97. The van der Waals surface area contributed by atoms with E-state index in [-0.39, 0.29) is 31.6 Å². The number of hydrogen-bond donors (Lipinski definition) is 0. The van der Waals surface area contributed by atoms with E-state index in [1.165, 1.54) is 5.01 Å². The van der Waals surface area contributed by atoms with Gasteiger partial charge in [-0.3, -0.25) is 4.79 Å². The molecule has 0 bridgehead atoms. The van der Waals surface area contributed by atoms with Crippen molar-refractivity contribution in [2.24, 2.45) is 5.10 Å². The molecular weight excluding hydrogens is 360 g/mol. The molecule has 0 aliphatic carbocycles. The summed E-state index contributed by atoms with van der Waals surface area (Å²) in [5.41, 5.74) is 3.71. The second-order valence-electron chi connectivity index (χ2n) is 6.86. The van der Waals surface area contributed by atoms with Gasteiger partial charge in [0.1, 0.15) is 0 Å². The number of fused-ring (bicyclic) bond motifs is 1. The van der Waals surface area contributed by atoms with Crippen molar-refractivity contribution < 1.29 is 24.2 Å². The van der Waals surface area contributed by atoms with E-state index < -0.39 is 5.97 Å².